The molecular weight excluding hydrogens is 438 g/mol. The SMILES string of the molecule is COc1ccc2cc(Cn3cccc(C(=O)N[C@@H](CCCNC(=N)N)C(=O)O)c3=O)ccc2c1. The monoisotopic (exact) mass is 465 g/mol. The molecule has 0 saturated carbocycles. The van der Waals surface area contributed by atoms with E-state index in [-0.39, 0.29) is 24.5 Å². The van der Waals surface area contributed by atoms with Crippen LogP contribution in [-0.4, -0.2) is 47.2 Å². The predicted molar refractivity (Wildman–Crippen MR) is 128 cm³/mol. The molecule has 178 valence electrons. The van der Waals surface area contributed by atoms with E-state index in [1.807, 2.05) is 36.4 Å². The third-order valence-electron chi connectivity index (χ3n) is 5.32. The van der Waals surface area contributed by atoms with Gasteiger partial charge in [0.2, 0.25) is 0 Å². The highest BCUT2D eigenvalue weighted by molar-refractivity contribution is 5.96. The number of guanidine groups is 1. The molecule has 1 amide bonds. The molecule has 0 spiro atoms. The van der Waals surface area contributed by atoms with Gasteiger partial charge in [-0.3, -0.25) is 15.0 Å². The Labute approximate surface area is 195 Å². The van der Waals surface area contributed by atoms with Crippen molar-refractivity contribution in [3.8, 4) is 5.75 Å². The highest BCUT2D eigenvalue weighted by Gasteiger charge is 2.22. The number of amides is 1. The van der Waals surface area contributed by atoms with Crippen LogP contribution in [-0.2, 0) is 11.3 Å². The molecule has 0 bridgehead atoms. The lowest BCUT2D eigenvalue weighted by atomic mass is 10.1. The van der Waals surface area contributed by atoms with Crippen LogP contribution >= 0.6 is 0 Å². The minimum Gasteiger partial charge on any atom is -0.497 e. The van der Waals surface area contributed by atoms with Crippen molar-refractivity contribution in [3.63, 3.8) is 0 Å². The topological polar surface area (TPSA) is 160 Å². The Morgan fingerprint density at radius 1 is 1.18 bits per heavy atom. The van der Waals surface area contributed by atoms with Crippen molar-refractivity contribution in [2.45, 2.75) is 25.4 Å². The number of benzene rings is 2. The smallest absolute Gasteiger partial charge is 0.326 e. The highest BCUT2D eigenvalue weighted by atomic mass is 16.5. The van der Waals surface area contributed by atoms with Gasteiger partial charge in [0.1, 0.15) is 17.4 Å². The normalized spacial score (nSPS) is 11.6. The summed E-state index contributed by atoms with van der Waals surface area (Å²) in [6, 6.07) is 13.3. The van der Waals surface area contributed by atoms with Crippen LogP contribution in [0.4, 0.5) is 0 Å². The summed E-state index contributed by atoms with van der Waals surface area (Å²) in [5.41, 5.74) is 5.41. The molecular formula is C24H27N5O5. The summed E-state index contributed by atoms with van der Waals surface area (Å²) in [6.45, 7) is 0.548. The zero-order chi connectivity index (χ0) is 24.7. The fraction of sp³-hybridized carbons (Fsp3) is 0.250. The van der Waals surface area contributed by atoms with Gasteiger partial charge in [-0.1, -0.05) is 18.2 Å². The van der Waals surface area contributed by atoms with Gasteiger partial charge in [0.25, 0.3) is 11.5 Å². The van der Waals surface area contributed by atoms with Gasteiger partial charge in [-0.25, -0.2) is 4.79 Å². The van der Waals surface area contributed by atoms with Gasteiger partial charge in [0, 0.05) is 12.7 Å². The molecule has 0 radical (unpaired) electrons. The molecule has 10 nitrogen and oxygen atoms in total. The average Bonchev–Trinajstić information content (AvgIpc) is 2.81. The van der Waals surface area contributed by atoms with Crippen LogP contribution in [0.5, 0.6) is 5.75 Å². The van der Waals surface area contributed by atoms with Gasteiger partial charge in [0.05, 0.1) is 13.7 Å². The van der Waals surface area contributed by atoms with Crippen LogP contribution in [0.15, 0.2) is 59.5 Å². The van der Waals surface area contributed by atoms with Crippen LogP contribution < -0.4 is 26.7 Å². The second-order valence-corrected chi connectivity index (χ2v) is 7.75. The Morgan fingerprint density at radius 2 is 1.91 bits per heavy atom. The van der Waals surface area contributed by atoms with E-state index in [2.05, 4.69) is 10.6 Å². The molecule has 0 aliphatic rings. The van der Waals surface area contributed by atoms with Crippen molar-refractivity contribution < 1.29 is 19.4 Å². The summed E-state index contributed by atoms with van der Waals surface area (Å²) in [6.07, 6.45) is 2.06. The molecule has 0 fully saturated rings. The summed E-state index contributed by atoms with van der Waals surface area (Å²) in [7, 11) is 1.61. The minimum atomic E-state index is -1.21. The minimum absolute atomic E-state index is 0.115. The van der Waals surface area contributed by atoms with E-state index in [1.165, 1.54) is 10.6 Å². The molecule has 0 unspecified atom stereocenters. The standard InChI is InChI=1S/C24H27N5O5/c1-34-18-9-8-16-12-15(6-7-17(16)13-18)14-29-11-3-4-19(22(29)31)21(30)28-20(23(32)33)5-2-10-27-24(25)26/h3-4,6-9,11-13,20H,2,5,10,14H2,1H3,(H,28,30)(H,32,33)(H4,25,26,27)/t20-/m0/s1. The van der Waals surface area contributed by atoms with E-state index in [0.717, 1.165) is 22.1 Å². The lowest BCUT2D eigenvalue weighted by molar-refractivity contribution is -0.139. The first-order valence-corrected chi connectivity index (χ1v) is 10.7. The number of pyridine rings is 1. The number of nitrogens with zero attached hydrogens (tertiary/aromatic N) is 1. The maximum absolute atomic E-state index is 12.9. The fourth-order valence-corrected chi connectivity index (χ4v) is 3.55. The molecule has 10 heteroatoms. The Kier molecular flexibility index (Phi) is 7.86. The number of hydrogen-bond acceptors (Lipinski definition) is 5. The third kappa shape index (κ3) is 6.12. The van der Waals surface area contributed by atoms with Crippen LogP contribution in [0.1, 0.15) is 28.8 Å². The number of aromatic nitrogens is 1. The number of ether oxygens (including phenoxy) is 1. The molecule has 1 atom stereocenters. The molecule has 3 rings (SSSR count). The van der Waals surface area contributed by atoms with Crippen LogP contribution in [0.3, 0.4) is 0 Å². The first-order chi connectivity index (χ1) is 16.3. The molecule has 34 heavy (non-hydrogen) atoms. The van der Waals surface area contributed by atoms with Crippen LogP contribution in [0.2, 0.25) is 0 Å². The zero-order valence-corrected chi connectivity index (χ0v) is 18.7. The van der Waals surface area contributed by atoms with Gasteiger partial charge in [-0.2, -0.15) is 0 Å². The number of methoxy groups -OCH3 is 1. The maximum Gasteiger partial charge on any atom is 0.326 e. The number of nitrogens with two attached hydrogens (primary N) is 1. The first kappa shape index (κ1) is 24.3. The molecule has 0 saturated heterocycles. The number of rotatable bonds is 10. The van der Waals surface area contributed by atoms with E-state index in [4.69, 9.17) is 15.9 Å². The number of nitrogens with one attached hydrogen (secondary N) is 3. The summed E-state index contributed by atoms with van der Waals surface area (Å²) >= 11 is 0. The van der Waals surface area contributed by atoms with E-state index in [1.54, 1.807) is 19.4 Å². The summed E-state index contributed by atoms with van der Waals surface area (Å²) < 4.78 is 6.65. The summed E-state index contributed by atoms with van der Waals surface area (Å²) in [4.78, 5) is 37.2. The van der Waals surface area contributed by atoms with E-state index >= 15 is 0 Å². The summed E-state index contributed by atoms with van der Waals surface area (Å²) in [5.74, 6) is -1.42. The largest absolute Gasteiger partial charge is 0.497 e. The zero-order valence-electron chi connectivity index (χ0n) is 18.7. The van der Waals surface area contributed by atoms with Gasteiger partial charge >= 0.3 is 5.97 Å². The lowest BCUT2D eigenvalue weighted by Crippen LogP contribution is -2.43. The van der Waals surface area contributed by atoms with Crippen molar-refractivity contribution in [1.82, 2.24) is 15.2 Å². The van der Waals surface area contributed by atoms with Crippen molar-refractivity contribution in [2.24, 2.45) is 5.73 Å². The van der Waals surface area contributed by atoms with Crippen LogP contribution in [0.25, 0.3) is 10.8 Å². The molecule has 2 aromatic carbocycles. The van der Waals surface area contributed by atoms with E-state index < -0.39 is 23.5 Å². The maximum atomic E-state index is 12.9. The Morgan fingerprint density at radius 3 is 2.62 bits per heavy atom. The average molecular weight is 466 g/mol. The fourth-order valence-electron chi connectivity index (χ4n) is 3.55. The van der Waals surface area contributed by atoms with Crippen molar-refractivity contribution in [3.05, 3.63) is 76.2 Å². The summed E-state index contributed by atoms with van der Waals surface area (Å²) in [5, 5.41) is 23.5. The van der Waals surface area contributed by atoms with E-state index in [9.17, 15) is 19.5 Å². The third-order valence-corrected chi connectivity index (χ3v) is 5.32. The number of carboxylic acid groups (broad SMARTS) is 1. The number of fused-ring (bicyclic) bond motifs is 1. The molecule has 0 aliphatic heterocycles. The van der Waals surface area contributed by atoms with E-state index in [0.29, 0.717) is 13.0 Å². The molecule has 1 aromatic heterocycles. The number of aliphatic carboxylic acids is 1. The Bertz CT molecular complexity index is 1270. The Balaban J connectivity index is 1.73. The number of carboxylic acids is 1. The van der Waals surface area contributed by atoms with Crippen molar-refractivity contribution in [2.75, 3.05) is 13.7 Å². The quantitative estimate of drug-likeness (QED) is 0.172. The van der Waals surface area contributed by atoms with Gasteiger partial charge < -0.3 is 30.8 Å². The second kappa shape index (κ2) is 11.0. The first-order valence-electron chi connectivity index (χ1n) is 10.7. The molecule has 0 aliphatic carbocycles. The lowest BCUT2D eigenvalue weighted by Gasteiger charge is -2.15. The molecule has 6 N–H and O–H groups in total. The number of carbonyl (C=O) groups excluding carboxylic acids is 1. The highest BCUT2D eigenvalue weighted by Crippen LogP contribution is 2.22. The van der Waals surface area contributed by atoms with Gasteiger partial charge in [-0.05, 0) is 59.5 Å². The second-order valence-electron chi connectivity index (χ2n) is 7.75. The molecule has 1 heterocycles. The predicted octanol–water partition coefficient (Wildman–Crippen LogP) is 1.50. The van der Waals surface area contributed by atoms with Crippen LogP contribution in [0, 0.1) is 5.41 Å². The van der Waals surface area contributed by atoms with Gasteiger partial charge in [0.15, 0.2) is 5.96 Å². The van der Waals surface area contributed by atoms with Crippen molar-refractivity contribution in [1.29, 1.82) is 5.41 Å². The number of carbonyl (C=O) groups is 2. The molecule has 3 aromatic rings. The Hall–Kier alpha value is -4.34. The number of hydrogen-bond donors (Lipinski definition) is 5. The van der Waals surface area contributed by atoms with Crippen molar-refractivity contribution >= 4 is 28.6 Å². The van der Waals surface area contributed by atoms with Gasteiger partial charge in [-0.15, -0.1) is 0 Å².